The molecule has 2 N–H and O–H groups in total. The number of carbonyl (C=O) groups excluding carboxylic acids is 3. The quantitative estimate of drug-likeness (QED) is 0.585. The molecule has 0 aliphatic heterocycles. The van der Waals surface area contributed by atoms with E-state index in [0.29, 0.717) is 13.0 Å². The Bertz CT molecular complexity index is 437. The number of rotatable bonds is 10. The molecule has 0 aromatic heterocycles. The van der Waals surface area contributed by atoms with Gasteiger partial charge < -0.3 is 20.1 Å². The number of nitrogens with one attached hydrogen (secondary N) is 2. The molecule has 146 valence electrons. The first-order chi connectivity index (χ1) is 11.6. The predicted molar refractivity (Wildman–Crippen MR) is 96.0 cm³/mol. The molecule has 0 radical (unpaired) electrons. The summed E-state index contributed by atoms with van der Waals surface area (Å²) in [5.74, 6) is -0.600. The lowest BCUT2D eigenvalue weighted by molar-refractivity contribution is -0.148. The molecule has 3 unspecified atom stereocenters. The Morgan fingerprint density at radius 3 is 1.84 bits per heavy atom. The summed E-state index contributed by atoms with van der Waals surface area (Å²) in [6.07, 6.45) is 0.0542. The zero-order valence-corrected chi connectivity index (χ0v) is 16.5. The maximum atomic E-state index is 12.5. The van der Waals surface area contributed by atoms with Crippen molar-refractivity contribution in [3.63, 3.8) is 0 Å². The monoisotopic (exact) mass is 358 g/mol. The van der Waals surface area contributed by atoms with Crippen LogP contribution in [0.15, 0.2) is 0 Å². The fraction of sp³-hybridized carbons (Fsp3) is 0.833. The average Bonchev–Trinajstić information content (AvgIpc) is 2.54. The fourth-order valence-corrected chi connectivity index (χ4v) is 1.85. The lowest BCUT2D eigenvalue weighted by Crippen LogP contribution is -2.53. The van der Waals surface area contributed by atoms with Crippen LogP contribution in [0.2, 0.25) is 0 Å². The normalized spacial score (nSPS) is 14.6. The molecule has 0 fully saturated rings. The maximum Gasteiger partial charge on any atom is 0.407 e. The van der Waals surface area contributed by atoms with Crippen molar-refractivity contribution in [3.05, 3.63) is 0 Å². The van der Waals surface area contributed by atoms with Crippen molar-refractivity contribution in [1.29, 1.82) is 0 Å². The second-order valence-electron chi connectivity index (χ2n) is 7.25. The molecular weight excluding hydrogens is 324 g/mol. The third kappa shape index (κ3) is 9.94. The Morgan fingerprint density at radius 1 is 0.840 bits per heavy atom. The third-order valence-electron chi connectivity index (χ3n) is 3.59. The molecule has 2 amide bonds. The smallest absolute Gasteiger partial charge is 0.407 e. The topological polar surface area (TPSA) is 93.7 Å². The van der Waals surface area contributed by atoms with Gasteiger partial charge in [-0.25, -0.2) is 9.59 Å². The van der Waals surface area contributed by atoms with E-state index in [1.165, 1.54) is 0 Å². The average molecular weight is 358 g/mol. The lowest BCUT2D eigenvalue weighted by atomic mass is 9.98. The summed E-state index contributed by atoms with van der Waals surface area (Å²) in [7, 11) is 0. The van der Waals surface area contributed by atoms with Crippen LogP contribution in [0.3, 0.4) is 0 Å². The van der Waals surface area contributed by atoms with E-state index < -0.39 is 30.1 Å². The van der Waals surface area contributed by atoms with Crippen molar-refractivity contribution in [2.45, 2.75) is 67.0 Å². The molecule has 0 aromatic rings. The molecule has 0 saturated heterocycles. The van der Waals surface area contributed by atoms with E-state index in [9.17, 15) is 14.4 Å². The summed E-state index contributed by atoms with van der Waals surface area (Å²) < 4.78 is 10.2. The Kier molecular flexibility index (Phi) is 10.9. The minimum absolute atomic E-state index is 0.106. The molecule has 7 heteroatoms. The molecular formula is C18H34N2O5. The van der Waals surface area contributed by atoms with E-state index in [-0.39, 0.29) is 24.4 Å². The van der Waals surface area contributed by atoms with Gasteiger partial charge in [0.05, 0.1) is 13.2 Å². The van der Waals surface area contributed by atoms with Crippen LogP contribution in [0.25, 0.3) is 0 Å². The summed E-state index contributed by atoms with van der Waals surface area (Å²) in [4.78, 5) is 36.3. The second kappa shape index (κ2) is 11.7. The summed E-state index contributed by atoms with van der Waals surface area (Å²) in [5.41, 5.74) is 0. The van der Waals surface area contributed by atoms with Crippen LogP contribution in [0.4, 0.5) is 4.79 Å². The Hall–Kier alpha value is -1.79. The third-order valence-corrected chi connectivity index (χ3v) is 3.59. The molecule has 25 heavy (non-hydrogen) atoms. The molecule has 0 heterocycles. The van der Waals surface area contributed by atoms with Crippen LogP contribution in [0.5, 0.6) is 0 Å². The Labute approximate surface area is 151 Å². The fourth-order valence-electron chi connectivity index (χ4n) is 1.85. The zero-order valence-electron chi connectivity index (χ0n) is 16.5. The summed E-state index contributed by atoms with van der Waals surface area (Å²) in [6.45, 7) is 13.6. The van der Waals surface area contributed by atoms with Crippen molar-refractivity contribution in [3.8, 4) is 0 Å². The number of alkyl carbamates (subject to hydrolysis) is 1. The van der Waals surface area contributed by atoms with Crippen molar-refractivity contribution >= 4 is 18.0 Å². The van der Waals surface area contributed by atoms with Crippen LogP contribution in [-0.2, 0) is 19.1 Å². The molecule has 0 spiro atoms. The number of esters is 1. The van der Waals surface area contributed by atoms with E-state index in [4.69, 9.17) is 9.47 Å². The second-order valence-corrected chi connectivity index (χ2v) is 7.25. The highest BCUT2D eigenvalue weighted by molar-refractivity contribution is 5.89. The van der Waals surface area contributed by atoms with Crippen molar-refractivity contribution < 1.29 is 23.9 Å². The molecule has 0 saturated carbocycles. The first-order valence-electron chi connectivity index (χ1n) is 8.98. The molecule has 0 aliphatic carbocycles. The highest BCUT2D eigenvalue weighted by Gasteiger charge is 2.29. The lowest BCUT2D eigenvalue weighted by Gasteiger charge is -2.25. The van der Waals surface area contributed by atoms with Crippen LogP contribution in [-0.4, -0.2) is 43.3 Å². The van der Waals surface area contributed by atoms with Crippen LogP contribution in [0, 0.1) is 17.8 Å². The van der Waals surface area contributed by atoms with Crippen molar-refractivity contribution in [2.75, 3.05) is 13.2 Å². The number of ether oxygens (including phenoxy) is 2. The van der Waals surface area contributed by atoms with E-state index in [2.05, 4.69) is 10.6 Å². The Balaban J connectivity index is 4.72. The van der Waals surface area contributed by atoms with Crippen LogP contribution >= 0.6 is 0 Å². The van der Waals surface area contributed by atoms with Gasteiger partial charge in [-0.3, -0.25) is 4.79 Å². The Morgan fingerprint density at radius 2 is 1.36 bits per heavy atom. The van der Waals surface area contributed by atoms with Gasteiger partial charge in [0.1, 0.15) is 12.1 Å². The zero-order chi connectivity index (χ0) is 19.6. The SMILES string of the molecule is CCC(C)C(NC(=O)OCC(C)C)C(=O)NC(C)C(=O)OCC(C)C. The standard InChI is InChI=1S/C18H34N2O5/c1-8-13(6)15(20-18(23)25-10-12(4)5)16(21)19-14(7)17(22)24-9-11(2)3/h11-15H,8-10H2,1-7H3,(H,19,21)(H,20,23). The number of amides is 2. The van der Waals surface area contributed by atoms with Crippen LogP contribution < -0.4 is 10.6 Å². The van der Waals surface area contributed by atoms with Crippen molar-refractivity contribution in [1.82, 2.24) is 10.6 Å². The molecule has 0 bridgehead atoms. The molecule has 0 rings (SSSR count). The van der Waals surface area contributed by atoms with Crippen molar-refractivity contribution in [2.24, 2.45) is 17.8 Å². The number of hydrogen-bond donors (Lipinski definition) is 2. The van der Waals surface area contributed by atoms with Gasteiger partial charge in [-0.15, -0.1) is 0 Å². The van der Waals surface area contributed by atoms with Crippen LogP contribution in [0.1, 0.15) is 54.9 Å². The molecule has 0 aromatic carbocycles. The molecule has 3 atom stereocenters. The number of hydrogen-bond acceptors (Lipinski definition) is 5. The van der Waals surface area contributed by atoms with Gasteiger partial charge in [0.25, 0.3) is 0 Å². The predicted octanol–water partition coefficient (Wildman–Crippen LogP) is 2.49. The van der Waals surface area contributed by atoms with E-state index in [1.807, 2.05) is 41.5 Å². The van der Waals surface area contributed by atoms with Gasteiger partial charge in [0.15, 0.2) is 0 Å². The summed E-state index contributed by atoms with van der Waals surface area (Å²) >= 11 is 0. The molecule has 7 nitrogen and oxygen atoms in total. The first-order valence-corrected chi connectivity index (χ1v) is 8.98. The highest BCUT2D eigenvalue weighted by atomic mass is 16.5. The largest absolute Gasteiger partial charge is 0.464 e. The summed E-state index contributed by atoms with van der Waals surface area (Å²) in [5, 5.41) is 5.20. The van der Waals surface area contributed by atoms with Gasteiger partial charge in [0.2, 0.25) is 5.91 Å². The van der Waals surface area contributed by atoms with Gasteiger partial charge >= 0.3 is 12.1 Å². The van der Waals surface area contributed by atoms with Gasteiger partial charge in [-0.2, -0.15) is 0 Å². The molecule has 0 aliphatic rings. The van der Waals surface area contributed by atoms with E-state index in [1.54, 1.807) is 6.92 Å². The maximum absolute atomic E-state index is 12.5. The van der Waals surface area contributed by atoms with Gasteiger partial charge in [0, 0.05) is 0 Å². The van der Waals surface area contributed by atoms with Gasteiger partial charge in [-0.05, 0) is 24.7 Å². The first kappa shape index (κ1) is 23.2. The summed E-state index contributed by atoms with van der Waals surface area (Å²) in [6, 6.07) is -1.56. The van der Waals surface area contributed by atoms with E-state index in [0.717, 1.165) is 0 Å². The highest BCUT2D eigenvalue weighted by Crippen LogP contribution is 2.09. The van der Waals surface area contributed by atoms with Gasteiger partial charge in [-0.1, -0.05) is 48.0 Å². The number of carbonyl (C=O) groups is 3. The minimum Gasteiger partial charge on any atom is -0.464 e. The minimum atomic E-state index is -0.786. The van der Waals surface area contributed by atoms with E-state index >= 15 is 0 Å².